The Labute approximate surface area is 158 Å². The van der Waals surface area contributed by atoms with E-state index in [2.05, 4.69) is 4.72 Å². The first-order valence-corrected chi connectivity index (χ1v) is 9.09. The Kier molecular flexibility index (Phi) is 5.91. The molecule has 0 atom stereocenters. The summed E-state index contributed by atoms with van der Waals surface area (Å²) < 4.78 is 27.1. The molecule has 0 aromatic heterocycles. The standard InChI is InChI=1S/C16H11Cl2NO6S/c17-10-5-11(18)7-13(6-10)26(24,25)19-12-3-1-2-9(4-12)14(20)8-15(21)16(22)23/h1-8,19,21H,(H,22,23)/b15-8+. The average molecular weight is 416 g/mol. The molecule has 2 aromatic carbocycles. The van der Waals surface area contributed by atoms with E-state index in [0.717, 1.165) is 0 Å². The van der Waals surface area contributed by atoms with Gasteiger partial charge in [0.15, 0.2) is 5.78 Å². The number of sulfonamides is 1. The summed E-state index contributed by atoms with van der Waals surface area (Å²) >= 11 is 11.6. The van der Waals surface area contributed by atoms with Gasteiger partial charge >= 0.3 is 5.97 Å². The van der Waals surface area contributed by atoms with Gasteiger partial charge in [0.25, 0.3) is 10.0 Å². The van der Waals surface area contributed by atoms with Crippen LogP contribution in [0.1, 0.15) is 10.4 Å². The Morgan fingerprint density at radius 2 is 1.62 bits per heavy atom. The largest absolute Gasteiger partial charge is 0.502 e. The Bertz CT molecular complexity index is 997. The van der Waals surface area contributed by atoms with Crippen molar-refractivity contribution >= 4 is 50.7 Å². The molecule has 136 valence electrons. The predicted molar refractivity (Wildman–Crippen MR) is 96.4 cm³/mol. The van der Waals surface area contributed by atoms with Crippen LogP contribution < -0.4 is 4.72 Å². The van der Waals surface area contributed by atoms with Crippen LogP contribution in [-0.4, -0.2) is 30.4 Å². The van der Waals surface area contributed by atoms with Crippen LogP contribution in [0, 0.1) is 0 Å². The highest BCUT2D eigenvalue weighted by atomic mass is 35.5. The number of hydrogen-bond donors (Lipinski definition) is 3. The molecule has 0 heterocycles. The van der Waals surface area contributed by atoms with Gasteiger partial charge in [0, 0.05) is 27.4 Å². The fraction of sp³-hybridized carbons (Fsp3) is 0. The second-order valence-electron chi connectivity index (χ2n) is 4.99. The van der Waals surface area contributed by atoms with Gasteiger partial charge in [0.05, 0.1) is 4.90 Å². The van der Waals surface area contributed by atoms with E-state index in [1.807, 2.05) is 0 Å². The van der Waals surface area contributed by atoms with E-state index in [-0.39, 0.29) is 26.2 Å². The van der Waals surface area contributed by atoms with Gasteiger partial charge < -0.3 is 10.2 Å². The van der Waals surface area contributed by atoms with Crippen LogP contribution in [-0.2, 0) is 14.8 Å². The van der Waals surface area contributed by atoms with E-state index < -0.39 is 27.5 Å². The number of carbonyl (C=O) groups excluding carboxylic acids is 1. The van der Waals surface area contributed by atoms with Crippen LogP contribution in [0.2, 0.25) is 10.0 Å². The molecule has 7 nitrogen and oxygen atoms in total. The Balaban J connectivity index is 2.32. The first-order valence-electron chi connectivity index (χ1n) is 6.86. The average Bonchev–Trinajstić information content (AvgIpc) is 2.53. The van der Waals surface area contributed by atoms with Gasteiger partial charge in [0.2, 0.25) is 5.76 Å². The molecule has 0 bridgehead atoms. The number of aliphatic hydroxyl groups excluding tert-OH is 1. The highest BCUT2D eigenvalue weighted by Crippen LogP contribution is 2.24. The van der Waals surface area contributed by atoms with Crippen molar-refractivity contribution in [2.45, 2.75) is 4.90 Å². The zero-order valence-corrected chi connectivity index (χ0v) is 15.1. The van der Waals surface area contributed by atoms with Gasteiger partial charge in [-0.3, -0.25) is 9.52 Å². The molecule has 26 heavy (non-hydrogen) atoms. The molecule has 0 unspecified atom stereocenters. The highest BCUT2D eigenvalue weighted by Gasteiger charge is 2.17. The third-order valence-corrected chi connectivity index (χ3v) is 4.83. The van der Waals surface area contributed by atoms with E-state index in [1.54, 1.807) is 0 Å². The zero-order valence-electron chi connectivity index (χ0n) is 12.8. The molecule has 0 amide bonds. The summed E-state index contributed by atoms with van der Waals surface area (Å²) in [6.45, 7) is 0. The minimum atomic E-state index is -4.03. The van der Waals surface area contributed by atoms with Crippen molar-refractivity contribution < 1.29 is 28.2 Å². The molecule has 3 N–H and O–H groups in total. The number of carboxylic acid groups (broad SMARTS) is 1. The normalized spacial score (nSPS) is 11.8. The number of carbonyl (C=O) groups is 2. The quantitative estimate of drug-likeness (QED) is 0.377. The number of carboxylic acids is 1. The van der Waals surface area contributed by atoms with E-state index in [1.165, 1.54) is 42.5 Å². The molecule has 0 saturated heterocycles. The molecular weight excluding hydrogens is 405 g/mol. The van der Waals surface area contributed by atoms with Gasteiger partial charge in [0.1, 0.15) is 0 Å². The summed E-state index contributed by atoms with van der Waals surface area (Å²) in [6, 6.07) is 9.10. The molecule has 0 radical (unpaired) electrons. The van der Waals surface area contributed by atoms with Crippen molar-refractivity contribution in [2.75, 3.05) is 4.72 Å². The van der Waals surface area contributed by atoms with Gasteiger partial charge in [-0.15, -0.1) is 0 Å². The minimum Gasteiger partial charge on any atom is -0.502 e. The summed E-state index contributed by atoms with van der Waals surface area (Å²) in [6.07, 6.45) is 0.521. The molecule has 0 aliphatic carbocycles. The summed E-state index contributed by atoms with van der Waals surface area (Å²) in [5.74, 6) is -3.60. The molecule has 0 fully saturated rings. The first-order chi connectivity index (χ1) is 12.1. The summed E-state index contributed by atoms with van der Waals surface area (Å²) in [5, 5.41) is 18.0. The van der Waals surface area contributed by atoms with Crippen molar-refractivity contribution in [3.05, 3.63) is 69.9 Å². The number of benzene rings is 2. The van der Waals surface area contributed by atoms with Crippen LogP contribution in [0.5, 0.6) is 0 Å². The smallest absolute Gasteiger partial charge is 0.371 e. The van der Waals surface area contributed by atoms with E-state index >= 15 is 0 Å². The molecule has 0 aliphatic heterocycles. The second-order valence-corrected chi connectivity index (χ2v) is 7.55. The van der Waals surface area contributed by atoms with Gasteiger partial charge in [-0.25, -0.2) is 13.2 Å². The van der Waals surface area contributed by atoms with Crippen molar-refractivity contribution in [3.8, 4) is 0 Å². The number of aliphatic hydroxyl groups is 1. The number of halogens is 2. The Hall–Kier alpha value is -2.55. The lowest BCUT2D eigenvalue weighted by Crippen LogP contribution is -2.13. The summed E-state index contributed by atoms with van der Waals surface area (Å²) in [7, 11) is -4.03. The maximum absolute atomic E-state index is 12.4. The molecule has 10 heteroatoms. The Morgan fingerprint density at radius 1 is 1.00 bits per heavy atom. The minimum absolute atomic E-state index is 0.0258. The molecule has 0 saturated carbocycles. The fourth-order valence-electron chi connectivity index (χ4n) is 1.90. The number of hydrogen-bond acceptors (Lipinski definition) is 5. The second kappa shape index (κ2) is 7.77. The first kappa shape index (κ1) is 19.8. The maximum Gasteiger partial charge on any atom is 0.371 e. The summed E-state index contributed by atoms with van der Waals surface area (Å²) in [4.78, 5) is 22.3. The zero-order chi connectivity index (χ0) is 19.5. The number of nitrogens with one attached hydrogen (secondary N) is 1. The van der Waals surface area contributed by atoms with E-state index in [4.69, 9.17) is 33.4 Å². The molecule has 2 aromatic rings. The maximum atomic E-state index is 12.4. The van der Waals surface area contributed by atoms with Crippen molar-refractivity contribution in [1.82, 2.24) is 0 Å². The number of anilines is 1. The van der Waals surface area contributed by atoms with Crippen LogP contribution in [0.15, 0.2) is 59.2 Å². The fourth-order valence-corrected chi connectivity index (χ4v) is 3.68. The van der Waals surface area contributed by atoms with Crippen molar-refractivity contribution in [1.29, 1.82) is 0 Å². The number of allylic oxidation sites excluding steroid dienone is 1. The van der Waals surface area contributed by atoms with E-state index in [0.29, 0.717) is 6.08 Å². The Morgan fingerprint density at radius 3 is 2.19 bits per heavy atom. The van der Waals surface area contributed by atoms with Gasteiger partial charge in [-0.1, -0.05) is 35.3 Å². The molecule has 2 rings (SSSR count). The number of ketones is 1. The van der Waals surface area contributed by atoms with Crippen LogP contribution in [0.25, 0.3) is 0 Å². The lowest BCUT2D eigenvalue weighted by molar-refractivity contribution is -0.135. The molecule has 0 aliphatic rings. The van der Waals surface area contributed by atoms with Crippen LogP contribution >= 0.6 is 23.2 Å². The topological polar surface area (TPSA) is 121 Å². The number of aliphatic carboxylic acids is 1. The van der Waals surface area contributed by atoms with Crippen LogP contribution in [0.4, 0.5) is 5.69 Å². The third kappa shape index (κ3) is 4.98. The monoisotopic (exact) mass is 415 g/mol. The van der Waals surface area contributed by atoms with Crippen LogP contribution in [0.3, 0.4) is 0 Å². The summed E-state index contributed by atoms with van der Waals surface area (Å²) in [5.41, 5.74) is 0.0253. The SMILES string of the molecule is O=C(O)/C(O)=C\C(=O)c1cccc(NS(=O)(=O)c2cc(Cl)cc(Cl)c2)c1. The van der Waals surface area contributed by atoms with E-state index in [9.17, 15) is 18.0 Å². The van der Waals surface area contributed by atoms with Crippen molar-refractivity contribution in [3.63, 3.8) is 0 Å². The molecule has 0 spiro atoms. The molecular formula is C16H11Cl2NO6S. The lowest BCUT2D eigenvalue weighted by atomic mass is 10.1. The van der Waals surface area contributed by atoms with Gasteiger partial charge in [-0.05, 0) is 30.3 Å². The highest BCUT2D eigenvalue weighted by molar-refractivity contribution is 7.92. The van der Waals surface area contributed by atoms with Gasteiger partial charge in [-0.2, -0.15) is 0 Å². The number of rotatable bonds is 6. The van der Waals surface area contributed by atoms with Crippen molar-refractivity contribution in [2.24, 2.45) is 0 Å². The third-order valence-electron chi connectivity index (χ3n) is 3.03. The lowest BCUT2D eigenvalue weighted by Gasteiger charge is -2.09. The predicted octanol–water partition coefficient (Wildman–Crippen LogP) is 3.50.